The predicted octanol–water partition coefficient (Wildman–Crippen LogP) is 2.89. The van der Waals surface area contributed by atoms with Crippen LogP contribution in [0.15, 0.2) is 10.7 Å². The van der Waals surface area contributed by atoms with Crippen LogP contribution >= 0.6 is 15.9 Å². The van der Waals surface area contributed by atoms with Gasteiger partial charge in [-0.1, -0.05) is 20.8 Å². The van der Waals surface area contributed by atoms with Gasteiger partial charge in [0.15, 0.2) is 0 Å². The number of halogens is 1. The van der Waals surface area contributed by atoms with E-state index in [-0.39, 0.29) is 17.6 Å². The van der Waals surface area contributed by atoms with E-state index >= 15 is 0 Å². The molecule has 1 aromatic rings. The van der Waals surface area contributed by atoms with Gasteiger partial charge in [-0.25, -0.2) is 0 Å². The Balaban J connectivity index is 3.14. The molecule has 1 heterocycles. The highest BCUT2D eigenvalue weighted by Gasteiger charge is 2.35. The summed E-state index contributed by atoms with van der Waals surface area (Å²) in [5.41, 5.74) is 1.17. The molecule has 0 saturated carbocycles. The maximum absolute atomic E-state index is 5.97. The molecule has 0 aliphatic heterocycles. The van der Waals surface area contributed by atoms with Gasteiger partial charge in [0.1, 0.15) is 0 Å². The van der Waals surface area contributed by atoms with Gasteiger partial charge < -0.3 is 10.1 Å². The van der Waals surface area contributed by atoms with Crippen molar-refractivity contribution < 1.29 is 4.74 Å². The van der Waals surface area contributed by atoms with Crippen LogP contribution in [0.25, 0.3) is 0 Å². The number of rotatable bonds is 5. The number of hydrogen-bond donors (Lipinski definition) is 1. The van der Waals surface area contributed by atoms with E-state index in [9.17, 15) is 0 Å². The van der Waals surface area contributed by atoms with Gasteiger partial charge in [-0.05, 0) is 35.3 Å². The summed E-state index contributed by atoms with van der Waals surface area (Å²) in [5.74, 6) is 0. The van der Waals surface area contributed by atoms with Gasteiger partial charge in [0.2, 0.25) is 0 Å². The molecule has 18 heavy (non-hydrogen) atoms. The third-order valence-corrected chi connectivity index (χ3v) is 3.66. The van der Waals surface area contributed by atoms with Gasteiger partial charge in [-0.2, -0.15) is 5.10 Å². The third-order valence-electron chi connectivity index (χ3n) is 3.05. The number of hydrogen-bond acceptors (Lipinski definition) is 3. The van der Waals surface area contributed by atoms with E-state index in [1.807, 2.05) is 31.9 Å². The lowest BCUT2D eigenvalue weighted by molar-refractivity contribution is -0.0368. The number of aromatic nitrogens is 2. The van der Waals surface area contributed by atoms with Crippen LogP contribution in [0.3, 0.4) is 0 Å². The van der Waals surface area contributed by atoms with Crippen molar-refractivity contribution in [3.05, 3.63) is 16.4 Å². The molecule has 0 aliphatic rings. The molecule has 4 nitrogen and oxygen atoms in total. The predicted molar refractivity (Wildman–Crippen MR) is 77.6 cm³/mol. The standard InChI is InChI=1S/C13H24BrN3O/c1-7-18-12(13(2,3)4)10(15-5)11-9(14)8-16-17(11)6/h8,10,12,15H,7H2,1-6H3. The molecule has 0 bridgehead atoms. The van der Waals surface area contributed by atoms with Crippen molar-refractivity contribution in [1.29, 1.82) is 0 Å². The molecule has 0 saturated heterocycles. The Hall–Kier alpha value is -0.390. The number of aryl methyl sites for hydroxylation is 1. The van der Waals surface area contributed by atoms with Gasteiger partial charge in [0.05, 0.1) is 28.5 Å². The Bertz CT molecular complexity index is 365. The monoisotopic (exact) mass is 317 g/mol. The minimum Gasteiger partial charge on any atom is -0.376 e. The molecule has 0 spiro atoms. The molecule has 1 rings (SSSR count). The molecule has 0 aliphatic carbocycles. The second-order valence-corrected chi connectivity index (χ2v) is 6.36. The second kappa shape index (κ2) is 6.17. The quantitative estimate of drug-likeness (QED) is 0.907. The smallest absolute Gasteiger partial charge is 0.0833 e. The first-order chi connectivity index (χ1) is 8.32. The number of ether oxygens (including phenoxy) is 1. The van der Waals surface area contributed by atoms with E-state index in [1.54, 1.807) is 0 Å². The average molecular weight is 318 g/mol. The van der Waals surface area contributed by atoms with Gasteiger partial charge in [0, 0.05) is 13.7 Å². The Labute approximate surface area is 118 Å². The SMILES string of the molecule is CCOC(C(NC)c1c(Br)cnn1C)C(C)(C)C. The minimum atomic E-state index is 0.0490. The molecular weight excluding hydrogens is 294 g/mol. The number of likely N-dealkylation sites (N-methyl/N-ethyl adjacent to an activating group) is 1. The summed E-state index contributed by atoms with van der Waals surface area (Å²) in [6, 6.07) is 0.104. The zero-order valence-corrected chi connectivity index (χ0v) is 13.7. The van der Waals surface area contributed by atoms with Crippen molar-refractivity contribution in [1.82, 2.24) is 15.1 Å². The lowest BCUT2D eigenvalue weighted by atomic mass is 9.83. The van der Waals surface area contributed by atoms with E-state index < -0.39 is 0 Å². The Morgan fingerprint density at radius 1 is 1.50 bits per heavy atom. The molecule has 5 heteroatoms. The van der Waals surface area contributed by atoms with Crippen molar-refractivity contribution in [3.63, 3.8) is 0 Å². The first kappa shape index (κ1) is 15.7. The van der Waals surface area contributed by atoms with E-state index in [4.69, 9.17) is 4.74 Å². The van der Waals surface area contributed by atoms with Crippen molar-refractivity contribution >= 4 is 15.9 Å². The lowest BCUT2D eigenvalue weighted by Crippen LogP contribution is -2.42. The zero-order valence-electron chi connectivity index (χ0n) is 12.1. The fourth-order valence-electron chi connectivity index (χ4n) is 2.23. The minimum absolute atomic E-state index is 0.0490. The summed E-state index contributed by atoms with van der Waals surface area (Å²) in [6.07, 6.45) is 1.91. The van der Waals surface area contributed by atoms with E-state index in [1.165, 1.54) is 0 Å². The highest BCUT2D eigenvalue weighted by Crippen LogP contribution is 2.35. The molecule has 0 aromatic carbocycles. The van der Waals surface area contributed by atoms with Crippen molar-refractivity contribution in [3.8, 4) is 0 Å². The van der Waals surface area contributed by atoms with Crippen LogP contribution in [0.1, 0.15) is 39.4 Å². The summed E-state index contributed by atoms with van der Waals surface area (Å²) in [4.78, 5) is 0. The first-order valence-electron chi connectivity index (χ1n) is 6.29. The van der Waals surface area contributed by atoms with Gasteiger partial charge in [-0.15, -0.1) is 0 Å². The molecule has 0 radical (unpaired) electrons. The Morgan fingerprint density at radius 3 is 2.44 bits per heavy atom. The largest absolute Gasteiger partial charge is 0.376 e. The fraction of sp³-hybridized carbons (Fsp3) is 0.769. The summed E-state index contributed by atoms with van der Waals surface area (Å²) < 4.78 is 8.87. The summed E-state index contributed by atoms with van der Waals surface area (Å²) >= 11 is 3.57. The summed E-state index contributed by atoms with van der Waals surface area (Å²) in [6.45, 7) is 9.32. The number of nitrogens with one attached hydrogen (secondary N) is 1. The molecule has 0 fully saturated rings. The van der Waals surface area contributed by atoms with Crippen LogP contribution in [0.4, 0.5) is 0 Å². The summed E-state index contributed by atoms with van der Waals surface area (Å²) in [7, 11) is 3.91. The average Bonchev–Trinajstić information content (AvgIpc) is 2.59. The zero-order chi connectivity index (χ0) is 13.9. The summed E-state index contributed by atoms with van der Waals surface area (Å²) in [5, 5.41) is 7.65. The Morgan fingerprint density at radius 2 is 2.11 bits per heavy atom. The van der Waals surface area contributed by atoms with Gasteiger partial charge in [0.25, 0.3) is 0 Å². The lowest BCUT2D eigenvalue weighted by Gasteiger charge is -2.36. The molecule has 0 amide bonds. The van der Waals surface area contributed by atoms with Crippen LogP contribution < -0.4 is 5.32 Å². The molecule has 1 aromatic heterocycles. The van der Waals surface area contributed by atoms with Crippen LogP contribution in [-0.2, 0) is 11.8 Å². The van der Waals surface area contributed by atoms with Gasteiger partial charge >= 0.3 is 0 Å². The second-order valence-electron chi connectivity index (χ2n) is 5.51. The normalized spacial score (nSPS) is 15.7. The van der Waals surface area contributed by atoms with E-state index in [2.05, 4.69) is 47.1 Å². The first-order valence-corrected chi connectivity index (χ1v) is 7.08. The van der Waals surface area contributed by atoms with Crippen LogP contribution in [0.5, 0.6) is 0 Å². The fourth-order valence-corrected chi connectivity index (χ4v) is 2.82. The van der Waals surface area contributed by atoms with Crippen LogP contribution in [0.2, 0.25) is 0 Å². The van der Waals surface area contributed by atoms with Crippen molar-refractivity contribution in [2.45, 2.75) is 39.8 Å². The highest BCUT2D eigenvalue weighted by molar-refractivity contribution is 9.10. The van der Waals surface area contributed by atoms with Crippen LogP contribution in [0, 0.1) is 5.41 Å². The molecule has 2 atom stereocenters. The number of nitrogens with zero attached hydrogens (tertiary/aromatic N) is 2. The van der Waals surface area contributed by atoms with E-state index in [0.29, 0.717) is 6.61 Å². The molecule has 104 valence electrons. The molecular formula is C13H24BrN3O. The maximum Gasteiger partial charge on any atom is 0.0833 e. The molecule has 2 unspecified atom stereocenters. The van der Waals surface area contributed by atoms with Crippen LogP contribution in [-0.4, -0.2) is 29.5 Å². The maximum atomic E-state index is 5.97. The topological polar surface area (TPSA) is 39.1 Å². The third kappa shape index (κ3) is 3.33. The van der Waals surface area contributed by atoms with Crippen molar-refractivity contribution in [2.24, 2.45) is 12.5 Å². The molecule has 1 N–H and O–H groups in total. The van der Waals surface area contributed by atoms with Crippen molar-refractivity contribution in [2.75, 3.05) is 13.7 Å². The highest BCUT2D eigenvalue weighted by atomic mass is 79.9. The van der Waals surface area contributed by atoms with Gasteiger partial charge in [-0.3, -0.25) is 4.68 Å². The Kier molecular flexibility index (Phi) is 5.37. The van der Waals surface area contributed by atoms with E-state index in [0.717, 1.165) is 10.2 Å².